The molecule has 0 aromatic heterocycles. The Balaban J connectivity index is 2.86. The minimum atomic E-state index is -1.10. The molecule has 1 aromatic carbocycles. The lowest BCUT2D eigenvalue weighted by molar-refractivity contribution is 0.0691. The highest BCUT2D eigenvalue weighted by atomic mass is 16.5. The third-order valence-electron chi connectivity index (χ3n) is 1.82. The number of carbonyl (C=O) groups is 1. The fourth-order valence-electron chi connectivity index (χ4n) is 1.13. The lowest BCUT2D eigenvalue weighted by Gasteiger charge is -2.09. The third-order valence-corrected chi connectivity index (χ3v) is 1.82. The molecule has 3 N–H and O–H groups in total. The zero-order valence-corrected chi connectivity index (χ0v) is 8.40. The summed E-state index contributed by atoms with van der Waals surface area (Å²) in [7, 11) is 1.54. The summed E-state index contributed by atoms with van der Waals surface area (Å²) in [5.41, 5.74) is 5.72. The second-order valence-electron chi connectivity index (χ2n) is 2.87. The van der Waals surface area contributed by atoms with Crippen LogP contribution in [-0.2, 0) is 4.74 Å². The summed E-state index contributed by atoms with van der Waals surface area (Å²) < 4.78 is 10.0. The van der Waals surface area contributed by atoms with E-state index < -0.39 is 5.97 Å². The first-order chi connectivity index (χ1) is 7.16. The predicted octanol–water partition coefficient (Wildman–Crippen LogP) is 0.992. The van der Waals surface area contributed by atoms with Gasteiger partial charge in [0.05, 0.1) is 6.61 Å². The van der Waals surface area contributed by atoms with Crippen molar-refractivity contribution >= 4 is 11.7 Å². The van der Waals surface area contributed by atoms with Crippen molar-refractivity contribution in [3.05, 3.63) is 23.8 Å². The lowest BCUT2D eigenvalue weighted by atomic mass is 10.1. The highest BCUT2D eigenvalue weighted by Gasteiger charge is 2.14. The van der Waals surface area contributed by atoms with E-state index in [1.165, 1.54) is 6.07 Å². The monoisotopic (exact) mass is 211 g/mol. The number of rotatable bonds is 5. The molecular formula is C10H13NO4. The molecule has 0 unspecified atom stereocenters. The number of hydrogen-bond donors (Lipinski definition) is 2. The largest absolute Gasteiger partial charge is 0.490 e. The van der Waals surface area contributed by atoms with Crippen LogP contribution in [0.1, 0.15) is 10.4 Å². The van der Waals surface area contributed by atoms with Crippen LogP contribution >= 0.6 is 0 Å². The Bertz CT molecular complexity index is 351. The average molecular weight is 211 g/mol. The number of methoxy groups -OCH3 is 1. The maximum Gasteiger partial charge on any atom is 0.341 e. The van der Waals surface area contributed by atoms with Gasteiger partial charge < -0.3 is 20.3 Å². The van der Waals surface area contributed by atoms with E-state index in [1.807, 2.05) is 0 Å². The zero-order chi connectivity index (χ0) is 11.3. The Morgan fingerprint density at radius 2 is 2.20 bits per heavy atom. The molecule has 5 heteroatoms. The molecule has 0 spiro atoms. The molecule has 0 aliphatic carbocycles. The number of ether oxygens (including phenoxy) is 2. The molecule has 0 atom stereocenters. The number of nitrogens with two attached hydrogens (primary N) is 1. The normalized spacial score (nSPS) is 9.93. The van der Waals surface area contributed by atoms with Crippen molar-refractivity contribution in [2.45, 2.75) is 0 Å². The first-order valence-electron chi connectivity index (χ1n) is 4.40. The summed E-state index contributed by atoms with van der Waals surface area (Å²) in [6.45, 7) is 0.689. The standard InChI is InChI=1S/C10H13NO4/c1-14-5-6-15-8-4-2-3-7(11)9(8)10(12)13/h2-4H,5-6,11H2,1H3,(H,12,13). The van der Waals surface area contributed by atoms with Crippen LogP contribution in [0.25, 0.3) is 0 Å². The van der Waals surface area contributed by atoms with Gasteiger partial charge in [-0.3, -0.25) is 0 Å². The molecule has 82 valence electrons. The maximum absolute atomic E-state index is 10.9. The predicted molar refractivity (Wildman–Crippen MR) is 55.2 cm³/mol. The minimum Gasteiger partial charge on any atom is -0.490 e. The van der Waals surface area contributed by atoms with E-state index in [4.69, 9.17) is 20.3 Å². The first kappa shape index (κ1) is 11.3. The third kappa shape index (κ3) is 2.85. The smallest absolute Gasteiger partial charge is 0.341 e. The summed E-state index contributed by atoms with van der Waals surface area (Å²) in [6, 6.07) is 4.73. The highest BCUT2D eigenvalue weighted by molar-refractivity contribution is 5.96. The fourth-order valence-corrected chi connectivity index (χ4v) is 1.13. The van der Waals surface area contributed by atoms with Crippen LogP contribution in [0.2, 0.25) is 0 Å². The van der Waals surface area contributed by atoms with E-state index in [0.29, 0.717) is 13.2 Å². The minimum absolute atomic E-state index is 0.00592. The number of aromatic carboxylic acids is 1. The van der Waals surface area contributed by atoms with Crippen LogP contribution < -0.4 is 10.5 Å². The molecule has 0 aliphatic heterocycles. The van der Waals surface area contributed by atoms with Crippen LogP contribution in [0.3, 0.4) is 0 Å². The summed E-state index contributed by atoms with van der Waals surface area (Å²) in [6.07, 6.45) is 0. The quantitative estimate of drug-likeness (QED) is 0.560. The van der Waals surface area contributed by atoms with Gasteiger partial charge in [0.1, 0.15) is 17.9 Å². The molecule has 15 heavy (non-hydrogen) atoms. The van der Waals surface area contributed by atoms with Crippen LogP contribution in [0, 0.1) is 0 Å². The van der Waals surface area contributed by atoms with Gasteiger partial charge in [-0.2, -0.15) is 0 Å². The Kier molecular flexibility index (Phi) is 3.93. The van der Waals surface area contributed by atoms with Crippen molar-refractivity contribution in [3.63, 3.8) is 0 Å². The van der Waals surface area contributed by atoms with Gasteiger partial charge in [-0.1, -0.05) is 6.07 Å². The van der Waals surface area contributed by atoms with Crippen LogP contribution in [0.5, 0.6) is 5.75 Å². The van der Waals surface area contributed by atoms with E-state index in [1.54, 1.807) is 19.2 Å². The van der Waals surface area contributed by atoms with Crippen LogP contribution in [-0.4, -0.2) is 31.4 Å². The summed E-state index contributed by atoms with van der Waals surface area (Å²) in [5.74, 6) is -0.833. The van der Waals surface area contributed by atoms with Gasteiger partial charge in [-0.15, -0.1) is 0 Å². The number of carboxylic acid groups (broad SMARTS) is 1. The molecule has 0 saturated carbocycles. The van der Waals surface area contributed by atoms with Gasteiger partial charge in [0.15, 0.2) is 0 Å². The second-order valence-corrected chi connectivity index (χ2v) is 2.87. The van der Waals surface area contributed by atoms with E-state index in [0.717, 1.165) is 0 Å². The van der Waals surface area contributed by atoms with Crippen molar-refractivity contribution < 1.29 is 19.4 Å². The van der Waals surface area contributed by atoms with E-state index in [9.17, 15) is 4.79 Å². The second kappa shape index (κ2) is 5.21. The Labute approximate surface area is 87.4 Å². The molecule has 0 aliphatic rings. The van der Waals surface area contributed by atoms with E-state index >= 15 is 0 Å². The molecule has 1 aromatic rings. The number of nitrogen functional groups attached to an aromatic ring is 1. The fraction of sp³-hybridized carbons (Fsp3) is 0.300. The van der Waals surface area contributed by atoms with E-state index in [-0.39, 0.29) is 17.0 Å². The maximum atomic E-state index is 10.9. The number of anilines is 1. The van der Waals surface area contributed by atoms with E-state index in [2.05, 4.69) is 0 Å². The van der Waals surface area contributed by atoms with Crippen molar-refractivity contribution in [1.29, 1.82) is 0 Å². The van der Waals surface area contributed by atoms with Crippen LogP contribution in [0.15, 0.2) is 18.2 Å². The average Bonchev–Trinajstić information content (AvgIpc) is 2.17. The van der Waals surface area contributed by atoms with Gasteiger partial charge in [-0.05, 0) is 12.1 Å². The molecule has 0 fully saturated rings. The number of carboxylic acids is 1. The van der Waals surface area contributed by atoms with Gasteiger partial charge in [-0.25, -0.2) is 4.79 Å². The van der Waals surface area contributed by atoms with Crippen molar-refractivity contribution in [2.24, 2.45) is 0 Å². The Morgan fingerprint density at radius 3 is 2.80 bits per heavy atom. The van der Waals surface area contributed by atoms with Crippen molar-refractivity contribution in [3.8, 4) is 5.75 Å². The summed E-state index contributed by atoms with van der Waals surface area (Å²) in [4.78, 5) is 10.9. The highest BCUT2D eigenvalue weighted by Crippen LogP contribution is 2.24. The molecular weight excluding hydrogens is 198 g/mol. The molecule has 0 radical (unpaired) electrons. The van der Waals surface area contributed by atoms with Crippen LogP contribution in [0.4, 0.5) is 5.69 Å². The topological polar surface area (TPSA) is 81.8 Å². The Morgan fingerprint density at radius 1 is 1.47 bits per heavy atom. The molecule has 0 heterocycles. The SMILES string of the molecule is COCCOc1cccc(N)c1C(=O)O. The Hall–Kier alpha value is -1.75. The summed E-state index contributed by atoms with van der Waals surface area (Å²) in [5, 5.41) is 8.91. The molecule has 0 bridgehead atoms. The van der Waals surface area contributed by atoms with Gasteiger partial charge in [0, 0.05) is 12.8 Å². The van der Waals surface area contributed by atoms with Gasteiger partial charge in [0.25, 0.3) is 0 Å². The number of hydrogen-bond acceptors (Lipinski definition) is 4. The number of benzene rings is 1. The van der Waals surface area contributed by atoms with Gasteiger partial charge >= 0.3 is 5.97 Å². The molecule has 5 nitrogen and oxygen atoms in total. The zero-order valence-electron chi connectivity index (χ0n) is 8.40. The first-order valence-corrected chi connectivity index (χ1v) is 4.40. The van der Waals surface area contributed by atoms with Gasteiger partial charge in [0.2, 0.25) is 0 Å². The molecule has 1 rings (SSSR count). The lowest BCUT2D eigenvalue weighted by Crippen LogP contribution is -2.10. The van der Waals surface area contributed by atoms with Crippen molar-refractivity contribution in [2.75, 3.05) is 26.1 Å². The van der Waals surface area contributed by atoms with Crippen molar-refractivity contribution in [1.82, 2.24) is 0 Å². The molecule has 0 saturated heterocycles. The summed E-state index contributed by atoms with van der Waals surface area (Å²) >= 11 is 0. The molecule has 0 amide bonds.